The molecule has 3 atom stereocenters. The molecule has 17 nitrogen and oxygen atoms in total. The number of morpholine rings is 2. The number of rotatable bonds is 25. The quantitative estimate of drug-likeness (QED) is 0.0868. The third-order valence-corrected chi connectivity index (χ3v) is 28.1. The van der Waals surface area contributed by atoms with Crippen LogP contribution in [-0.4, -0.2) is 368 Å². The van der Waals surface area contributed by atoms with Crippen molar-refractivity contribution in [3.8, 4) is 6.07 Å². The van der Waals surface area contributed by atoms with Crippen LogP contribution < -0.4 is 0 Å². The highest BCUT2D eigenvalue weighted by molar-refractivity contribution is 4.95. The third kappa shape index (κ3) is 78.2. The summed E-state index contributed by atoms with van der Waals surface area (Å²) in [5.41, 5.74) is 5.20. The Kier molecular flexibility index (Phi) is 66.1. The van der Waals surface area contributed by atoms with Gasteiger partial charge >= 0.3 is 0 Å². The maximum atomic E-state index is 9.00. The van der Waals surface area contributed by atoms with Crippen LogP contribution in [0.15, 0.2) is 0 Å². The second-order valence-corrected chi connectivity index (χ2v) is 57.5. The number of hydrogen-bond donors (Lipinski definition) is 0. The van der Waals surface area contributed by atoms with E-state index in [-0.39, 0.29) is 6.04 Å². The lowest BCUT2D eigenvalue weighted by molar-refractivity contribution is -0.0518. The Hall–Kier alpha value is -1.15. The lowest BCUT2D eigenvalue weighted by Crippen LogP contribution is -2.52. The maximum absolute atomic E-state index is 9.00. The first kappa shape index (κ1) is 133. The molecule has 0 bridgehead atoms. The first-order valence-electron chi connectivity index (χ1n) is 57.4. The Morgan fingerprint density at radius 3 is 0.971 bits per heavy atom. The van der Waals surface area contributed by atoms with Crippen LogP contribution in [0.25, 0.3) is 0 Å². The summed E-state index contributed by atoms with van der Waals surface area (Å²) in [4.78, 5) is 36.0. The SMILES string of the molecule is CC(C)(C)CC(C)(C)C.CC(C)(C)CCCN1CCN(C2CCC2)CC1.CC(C)(C)CCCN1CCOCC1.CC(C)(C)CCN1CCCCC1.CC(C)(C)CCN1CCCC[C@@H]1C#N.CC(C)N1CCN(CCCC(C)(C)C)CC1.CCCN1CCN(CC(C)(C)C)CC1.CCCN1CCN(CCC(C)(C)C)CC1.CN1CCN(CC(C)(C)C)CC1.C[C@H]1CN(CCC(C)(C)C)[C@@H](C)CO1. The molecular weight excluding hydrogens is 1670 g/mol. The Labute approximate surface area is 854 Å². The minimum Gasteiger partial charge on any atom is -0.379 e. The summed E-state index contributed by atoms with van der Waals surface area (Å²) in [6, 6.07) is 4.86. The Morgan fingerprint density at radius 1 is 0.309 bits per heavy atom. The Bertz CT molecular complexity index is 2830. The number of ether oxygens (including phenoxy) is 2. The molecule has 0 aromatic carbocycles. The lowest BCUT2D eigenvalue weighted by Gasteiger charge is -2.43. The van der Waals surface area contributed by atoms with Crippen LogP contribution in [-0.2, 0) is 9.47 Å². The zero-order valence-electron chi connectivity index (χ0n) is 100. The number of likely N-dealkylation sites (N-methyl/N-ethyl adjacent to an activating group) is 1. The summed E-state index contributed by atoms with van der Waals surface area (Å²) in [6.45, 7) is 139. The summed E-state index contributed by atoms with van der Waals surface area (Å²) in [5, 5.41) is 9.00. The van der Waals surface area contributed by atoms with Crippen LogP contribution in [0.2, 0.25) is 0 Å². The second-order valence-electron chi connectivity index (χ2n) is 57.5. The summed E-state index contributed by atoms with van der Waals surface area (Å²) >= 11 is 0. The predicted octanol–water partition coefficient (Wildman–Crippen LogP) is 25.5. The van der Waals surface area contributed by atoms with Crippen LogP contribution in [0.4, 0.5) is 0 Å². The van der Waals surface area contributed by atoms with Gasteiger partial charge in [-0.1, -0.05) is 255 Å². The monoisotopic (exact) mass is 1920 g/mol. The maximum Gasteiger partial charge on any atom is 0.0977 e. The summed E-state index contributed by atoms with van der Waals surface area (Å²) in [5.74, 6) is 0. The van der Waals surface area contributed by atoms with E-state index >= 15 is 0 Å². The highest BCUT2D eigenvalue weighted by Crippen LogP contribution is 2.34. The van der Waals surface area contributed by atoms with Crippen molar-refractivity contribution in [1.82, 2.24) is 68.6 Å². The zero-order chi connectivity index (χ0) is 103. The molecule has 9 heterocycles. The topological polar surface area (TPSA) is 87.6 Å². The van der Waals surface area contributed by atoms with Gasteiger partial charge in [0, 0.05) is 182 Å². The fraction of sp³-hybridized carbons (Fsp3) is 0.992. The molecule has 10 aliphatic rings. The van der Waals surface area contributed by atoms with Crippen molar-refractivity contribution in [3.05, 3.63) is 0 Å². The highest BCUT2D eigenvalue weighted by atomic mass is 16.5. The minimum absolute atomic E-state index is 0.186. The number of piperidine rings is 2. The van der Waals surface area contributed by atoms with Crippen molar-refractivity contribution >= 4 is 0 Å². The average Bonchev–Trinajstić information content (AvgIpc) is 0.846. The molecule has 9 saturated heterocycles. The molecule has 0 amide bonds. The normalized spacial score (nSPS) is 22.5. The van der Waals surface area contributed by atoms with Crippen molar-refractivity contribution in [2.75, 3.05) is 269 Å². The van der Waals surface area contributed by atoms with Gasteiger partial charge < -0.3 is 53.6 Å². The van der Waals surface area contributed by atoms with Gasteiger partial charge in [0.05, 0.1) is 38.0 Å². The Balaban J connectivity index is 0.000000758. The van der Waals surface area contributed by atoms with Gasteiger partial charge in [0.1, 0.15) is 0 Å². The minimum atomic E-state index is 0.186. The smallest absolute Gasteiger partial charge is 0.0977 e. The van der Waals surface area contributed by atoms with Gasteiger partial charge in [-0.15, -0.1) is 0 Å². The summed E-state index contributed by atoms with van der Waals surface area (Å²) < 4.78 is 10.9. The predicted molar refractivity (Wildman–Crippen MR) is 603 cm³/mol. The first-order chi connectivity index (χ1) is 62.7. The molecule has 0 spiro atoms. The van der Waals surface area contributed by atoms with Gasteiger partial charge in [-0.25, -0.2) is 0 Å². The van der Waals surface area contributed by atoms with E-state index in [1.165, 1.54) is 344 Å². The van der Waals surface area contributed by atoms with Crippen LogP contribution in [0, 0.1) is 70.9 Å². The molecule has 17 heteroatoms. The van der Waals surface area contributed by atoms with E-state index in [4.69, 9.17) is 14.7 Å². The third-order valence-electron chi connectivity index (χ3n) is 28.1. The molecule has 0 radical (unpaired) electrons. The molecule has 10 rings (SSSR count). The van der Waals surface area contributed by atoms with Crippen molar-refractivity contribution in [3.63, 3.8) is 0 Å². The van der Waals surface area contributed by atoms with Gasteiger partial charge in [0.15, 0.2) is 0 Å². The van der Waals surface area contributed by atoms with Crippen LogP contribution >= 0.6 is 0 Å². The molecule has 10 fully saturated rings. The molecule has 136 heavy (non-hydrogen) atoms. The second kappa shape index (κ2) is 67.7. The van der Waals surface area contributed by atoms with Crippen LogP contribution in [0.3, 0.4) is 0 Å². The summed E-state index contributed by atoms with van der Waals surface area (Å²) in [6.07, 6.45) is 29.7. The van der Waals surface area contributed by atoms with E-state index in [2.05, 4.69) is 352 Å². The average molecular weight is 1920 g/mol. The van der Waals surface area contributed by atoms with E-state index in [0.717, 1.165) is 71.0 Å². The van der Waals surface area contributed by atoms with Crippen molar-refractivity contribution in [1.29, 1.82) is 5.26 Å². The first-order valence-corrected chi connectivity index (χ1v) is 57.4. The molecule has 0 aromatic rings. The standard InChI is InChI=1S/C15H30N2.C14H30N2.C13H28N2.C12H22N2.C12H26N2.C12H25NO.C11H23NO.C11H23N.C10H22N2.C9H20/c1-15(2,3)8-5-9-16-10-12-17(13-11-16)14-6-4-7-14;1-13(2)16-11-9-15(10-12-16)8-6-7-14(3,4)5;1-5-7-14-9-11-15(12-10-14)8-6-13(2,3)4;1-12(2,3)7-9-14-8-5-4-6-11(14)10-13;1-5-6-13-7-9-14(10-8-13)11-12(2,3)4;1-10-9-14-11(2)8-13(10)7-6-12(3,4)5;1-11(2,3)5-4-6-12-7-9-13-10-8-12;1-11(2,3)7-10-12-8-5-4-6-9-12;1-10(2,3)9-12-7-5-11(4)6-8-12;1-8(2,3)7-9(4,5)6/h14H,4-13H2,1-3H3;13H,6-12H2,1-5H3;5-12H2,1-4H3;11H,4-9H2,1-3H3;5-11H2,1-4H3;10-11H,6-9H2,1-5H3;4-10H2,1-3H3;4-10H2,1-3H3;5-9H2,1-4H3;7H2,1-6H3/t;;;11-;;10-,11-;;;;/m...1.0..../s1. The van der Waals surface area contributed by atoms with Crippen molar-refractivity contribution in [2.45, 2.75) is 442 Å². The zero-order valence-corrected chi connectivity index (χ0v) is 100. The van der Waals surface area contributed by atoms with Gasteiger partial charge in [0.2, 0.25) is 0 Å². The highest BCUT2D eigenvalue weighted by Gasteiger charge is 2.32. The lowest BCUT2D eigenvalue weighted by atomic mass is 9.78. The fourth-order valence-corrected chi connectivity index (χ4v) is 19.7. The van der Waals surface area contributed by atoms with E-state index in [1.807, 2.05) is 0 Å². The molecule has 1 aliphatic carbocycles. The molecular formula is C119H249N15O2. The van der Waals surface area contributed by atoms with E-state index in [9.17, 15) is 0 Å². The molecule has 0 unspecified atom stereocenters. The van der Waals surface area contributed by atoms with Gasteiger partial charge in [0.25, 0.3) is 0 Å². The largest absolute Gasteiger partial charge is 0.379 e. The van der Waals surface area contributed by atoms with Crippen molar-refractivity contribution < 1.29 is 9.47 Å². The number of piperazine rings is 5. The number of likely N-dealkylation sites (tertiary alicyclic amines) is 2. The number of nitriles is 1. The molecule has 1 saturated carbocycles. The van der Waals surface area contributed by atoms with E-state index in [1.54, 1.807) is 0 Å². The van der Waals surface area contributed by atoms with Crippen LogP contribution in [0.5, 0.6) is 0 Å². The Morgan fingerprint density at radius 2 is 0.632 bits per heavy atom. The number of nitrogens with zero attached hydrogens (tertiary/aromatic N) is 15. The molecule has 0 N–H and O–H groups in total. The fourth-order valence-electron chi connectivity index (χ4n) is 19.7. The van der Waals surface area contributed by atoms with Gasteiger partial charge in [-0.05, 0) is 301 Å². The van der Waals surface area contributed by atoms with E-state index in [0.29, 0.717) is 71.7 Å². The van der Waals surface area contributed by atoms with Gasteiger partial charge in [-0.3, -0.25) is 24.5 Å². The van der Waals surface area contributed by atoms with Gasteiger partial charge in [-0.2, -0.15) is 5.26 Å². The van der Waals surface area contributed by atoms with E-state index < -0.39 is 0 Å². The molecule has 812 valence electrons. The molecule has 0 aromatic heterocycles. The van der Waals surface area contributed by atoms with Crippen molar-refractivity contribution in [2.24, 2.45) is 59.6 Å². The number of hydrogen-bond acceptors (Lipinski definition) is 17. The molecule has 9 aliphatic heterocycles. The van der Waals surface area contributed by atoms with Crippen LogP contribution in [0.1, 0.15) is 411 Å². The summed E-state index contributed by atoms with van der Waals surface area (Å²) in [7, 11) is 2.20.